The molecular formula is C24H32BrN3O4S. The van der Waals surface area contributed by atoms with E-state index in [9.17, 15) is 18.0 Å². The fourth-order valence-corrected chi connectivity index (χ4v) is 4.50. The number of carbonyl (C=O) groups is 2. The number of rotatable bonds is 8. The Kier molecular flexibility index (Phi) is 8.70. The predicted molar refractivity (Wildman–Crippen MR) is 135 cm³/mol. The zero-order chi connectivity index (χ0) is 25.0. The summed E-state index contributed by atoms with van der Waals surface area (Å²) >= 11 is 3.34. The summed E-state index contributed by atoms with van der Waals surface area (Å²) < 4.78 is 26.9. The predicted octanol–water partition coefficient (Wildman–Crippen LogP) is 3.86. The number of sulfonamides is 1. The Bertz CT molecular complexity index is 1110. The summed E-state index contributed by atoms with van der Waals surface area (Å²) in [4.78, 5) is 27.9. The standard InChI is InChI=1S/C24H32BrN3O4S/c1-17-10-7-8-11-19(17)15-27(18(2)23(30)26-24(3,4)5)22(29)16-28(33(6,31)32)21-13-9-12-20(25)14-21/h7-14,18H,15-16H2,1-6H3,(H,26,30). The molecule has 0 spiro atoms. The second-order valence-corrected chi connectivity index (χ2v) is 11.9. The fourth-order valence-electron chi connectivity index (χ4n) is 3.27. The average molecular weight is 539 g/mol. The molecule has 33 heavy (non-hydrogen) atoms. The molecule has 1 N–H and O–H groups in total. The Balaban J connectivity index is 2.42. The molecule has 1 atom stereocenters. The number of aryl methyl sites for hydroxylation is 1. The van der Waals surface area contributed by atoms with Gasteiger partial charge in [-0.05, 0) is 63.9 Å². The van der Waals surface area contributed by atoms with E-state index in [4.69, 9.17) is 0 Å². The number of hydrogen-bond acceptors (Lipinski definition) is 4. The van der Waals surface area contributed by atoms with Crippen molar-refractivity contribution >= 4 is 43.5 Å². The minimum Gasteiger partial charge on any atom is -0.350 e. The van der Waals surface area contributed by atoms with E-state index in [2.05, 4.69) is 21.2 Å². The van der Waals surface area contributed by atoms with Crippen LogP contribution in [0.25, 0.3) is 0 Å². The van der Waals surface area contributed by atoms with Crippen molar-refractivity contribution in [2.75, 3.05) is 17.1 Å². The second-order valence-electron chi connectivity index (χ2n) is 9.11. The fraction of sp³-hybridized carbons (Fsp3) is 0.417. The quantitative estimate of drug-likeness (QED) is 0.553. The van der Waals surface area contributed by atoms with Gasteiger partial charge in [0.2, 0.25) is 21.8 Å². The van der Waals surface area contributed by atoms with Crippen molar-refractivity contribution in [3.63, 3.8) is 0 Å². The van der Waals surface area contributed by atoms with E-state index in [1.807, 2.05) is 52.0 Å². The Hall–Kier alpha value is -2.39. The molecule has 2 aromatic rings. The van der Waals surface area contributed by atoms with Crippen molar-refractivity contribution in [2.45, 2.75) is 52.7 Å². The second kappa shape index (κ2) is 10.7. The van der Waals surface area contributed by atoms with Crippen LogP contribution in [-0.4, -0.2) is 49.5 Å². The lowest BCUT2D eigenvalue weighted by molar-refractivity contribution is -0.140. The molecule has 0 heterocycles. The highest BCUT2D eigenvalue weighted by molar-refractivity contribution is 9.10. The molecule has 0 fully saturated rings. The lowest BCUT2D eigenvalue weighted by Gasteiger charge is -2.33. The van der Waals surface area contributed by atoms with Crippen LogP contribution in [0.15, 0.2) is 53.0 Å². The van der Waals surface area contributed by atoms with Gasteiger partial charge in [0.1, 0.15) is 12.6 Å². The summed E-state index contributed by atoms with van der Waals surface area (Å²) in [5.41, 5.74) is 1.75. The lowest BCUT2D eigenvalue weighted by Crippen LogP contribution is -2.54. The highest BCUT2D eigenvalue weighted by atomic mass is 79.9. The summed E-state index contributed by atoms with van der Waals surface area (Å²) in [6.07, 6.45) is 1.06. The number of benzene rings is 2. The van der Waals surface area contributed by atoms with Crippen molar-refractivity contribution in [2.24, 2.45) is 0 Å². The third-order valence-electron chi connectivity index (χ3n) is 5.04. The molecule has 2 amide bonds. The van der Waals surface area contributed by atoms with E-state index in [1.54, 1.807) is 31.2 Å². The van der Waals surface area contributed by atoms with Crippen molar-refractivity contribution in [3.05, 3.63) is 64.1 Å². The van der Waals surface area contributed by atoms with Crippen LogP contribution >= 0.6 is 15.9 Å². The summed E-state index contributed by atoms with van der Waals surface area (Å²) in [5.74, 6) is -0.780. The Labute approximate surface area is 205 Å². The highest BCUT2D eigenvalue weighted by Crippen LogP contribution is 2.23. The Morgan fingerprint density at radius 3 is 2.27 bits per heavy atom. The molecule has 0 radical (unpaired) electrons. The van der Waals surface area contributed by atoms with Gasteiger partial charge in [0, 0.05) is 16.6 Å². The van der Waals surface area contributed by atoms with Crippen molar-refractivity contribution < 1.29 is 18.0 Å². The molecule has 0 aliphatic rings. The van der Waals surface area contributed by atoms with Crippen LogP contribution in [0.4, 0.5) is 5.69 Å². The van der Waals surface area contributed by atoms with Crippen molar-refractivity contribution in [1.29, 1.82) is 0 Å². The molecular weight excluding hydrogens is 506 g/mol. The summed E-state index contributed by atoms with van der Waals surface area (Å²) in [5, 5.41) is 2.91. The van der Waals surface area contributed by atoms with Gasteiger partial charge < -0.3 is 10.2 Å². The van der Waals surface area contributed by atoms with E-state index < -0.39 is 34.1 Å². The molecule has 0 saturated carbocycles. The van der Waals surface area contributed by atoms with Gasteiger partial charge in [-0.3, -0.25) is 13.9 Å². The topological polar surface area (TPSA) is 86.8 Å². The molecule has 180 valence electrons. The largest absolute Gasteiger partial charge is 0.350 e. The van der Waals surface area contributed by atoms with Crippen molar-refractivity contribution in [3.8, 4) is 0 Å². The normalized spacial score (nSPS) is 12.7. The number of nitrogens with one attached hydrogen (secondary N) is 1. The van der Waals surface area contributed by atoms with Crippen LogP contribution in [-0.2, 0) is 26.2 Å². The minimum absolute atomic E-state index is 0.181. The Morgan fingerprint density at radius 1 is 1.09 bits per heavy atom. The van der Waals surface area contributed by atoms with E-state index in [1.165, 1.54) is 4.90 Å². The third kappa shape index (κ3) is 7.85. The number of amides is 2. The summed E-state index contributed by atoms with van der Waals surface area (Å²) in [6.45, 7) is 8.94. The first kappa shape index (κ1) is 26.9. The van der Waals surface area contributed by atoms with Crippen molar-refractivity contribution in [1.82, 2.24) is 10.2 Å². The van der Waals surface area contributed by atoms with Gasteiger partial charge in [0.15, 0.2) is 0 Å². The van der Waals surface area contributed by atoms with Crippen LogP contribution in [0, 0.1) is 6.92 Å². The number of halogens is 1. The van der Waals surface area contributed by atoms with E-state index in [0.29, 0.717) is 10.2 Å². The van der Waals surface area contributed by atoms with Gasteiger partial charge in [0.25, 0.3) is 0 Å². The third-order valence-corrected chi connectivity index (χ3v) is 6.68. The highest BCUT2D eigenvalue weighted by Gasteiger charge is 2.31. The van der Waals surface area contributed by atoms with Gasteiger partial charge >= 0.3 is 0 Å². The maximum Gasteiger partial charge on any atom is 0.244 e. The van der Waals surface area contributed by atoms with Gasteiger partial charge in [-0.15, -0.1) is 0 Å². The average Bonchev–Trinajstić information content (AvgIpc) is 2.68. The molecule has 1 unspecified atom stereocenters. The first-order chi connectivity index (χ1) is 15.2. The zero-order valence-electron chi connectivity index (χ0n) is 19.9. The first-order valence-corrected chi connectivity index (χ1v) is 13.2. The molecule has 0 aliphatic heterocycles. The maximum absolute atomic E-state index is 13.5. The zero-order valence-corrected chi connectivity index (χ0v) is 22.3. The number of anilines is 1. The molecule has 0 bridgehead atoms. The van der Waals surface area contributed by atoms with Gasteiger partial charge in [0.05, 0.1) is 11.9 Å². The summed E-state index contributed by atoms with van der Waals surface area (Å²) in [7, 11) is -3.75. The Morgan fingerprint density at radius 2 is 1.73 bits per heavy atom. The van der Waals surface area contributed by atoms with Crippen LogP contribution in [0.1, 0.15) is 38.8 Å². The molecule has 9 heteroatoms. The molecule has 2 rings (SSSR count). The minimum atomic E-state index is -3.75. The van der Waals surface area contributed by atoms with Crippen LogP contribution < -0.4 is 9.62 Å². The number of carbonyl (C=O) groups excluding carboxylic acids is 2. The van der Waals surface area contributed by atoms with Gasteiger partial charge in [-0.2, -0.15) is 0 Å². The SMILES string of the molecule is Cc1ccccc1CN(C(=O)CN(c1cccc(Br)c1)S(C)(=O)=O)C(C)C(=O)NC(C)(C)C. The number of hydrogen-bond donors (Lipinski definition) is 1. The van der Waals surface area contributed by atoms with E-state index >= 15 is 0 Å². The molecule has 0 aromatic heterocycles. The van der Waals surface area contributed by atoms with Crippen LogP contribution in [0.3, 0.4) is 0 Å². The van der Waals surface area contributed by atoms with E-state index in [0.717, 1.165) is 21.7 Å². The maximum atomic E-state index is 13.5. The lowest BCUT2D eigenvalue weighted by atomic mass is 10.1. The first-order valence-electron chi connectivity index (χ1n) is 10.6. The number of nitrogens with zero attached hydrogens (tertiary/aromatic N) is 2. The molecule has 0 saturated heterocycles. The van der Waals surface area contributed by atoms with Crippen LogP contribution in [0.2, 0.25) is 0 Å². The van der Waals surface area contributed by atoms with Gasteiger partial charge in [-0.25, -0.2) is 8.42 Å². The molecule has 2 aromatic carbocycles. The molecule has 7 nitrogen and oxygen atoms in total. The van der Waals surface area contributed by atoms with Gasteiger partial charge in [-0.1, -0.05) is 46.3 Å². The summed E-state index contributed by atoms with van der Waals surface area (Å²) in [6, 6.07) is 13.5. The van der Waals surface area contributed by atoms with Crippen LogP contribution in [0.5, 0.6) is 0 Å². The van der Waals surface area contributed by atoms with E-state index in [-0.39, 0.29) is 12.5 Å². The molecule has 0 aliphatic carbocycles. The smallest absolute Gasteiger partial charge is 0.244 e. The monoisotopic (exact) mass is 537 g/mol.